The first-order chi connectivity index (χ1) is 8.93. The molecular weight excluding hydrogens is 264 g/mol. The van der Waals surface area contributed by atoms with E-state index in [1.54, 1.807) is 0 Å². The maximum absolute atomic E-state index is 12.0. The molecule has 0 amide bonds. The van der Waals surface area contributed by atoms with Crippen molar-refractivity contribution in [3.63, 3.8) is 0 Å². The summed E-state index contributed by atoms with van der Waals surface area (Å²) >= 11 is 0. The Bertz CT molecular complexity index is 305. The van der Waals surface area contributed by atoms with Crippen LogP contribution >= 0.6 is 0 Å². The van der Waals surface area contributed by atoms with Crippen LogP contribution in [0.5, 0.6) is 0 Å². The minimum Gasteiger partial charge on any atom is -0.380 e. The zero-order valence-corrected chi connectivity index (χ0v) is 13.6. The molecule has 0 aromatic heterocycles. The molecule has 0 aromatic carbocycles. The van der Waals surface area contributed by atoms with E-state index in [-0.39, 0.29) is 17.7 Å². The van der Waals surface area contributed by atoms with Crippen LogP contribution in [-0.2, 0) is 14.8 Å². The topological polar surface area (TPSA) is 67.4 Å². The lowest BCUT2D eigenvalue weighted by Crippen LogP contribution is -2.42. The highest BCUT2D eigenvalue weighted by atomic mass is 32.2. The van der Waals surface area contributed by atoms with E-state index in [2.05, 4.69) is 10.0 Å². The Labute approximate surface area is 118 Å². The lowest BCUT2D eigenvalue weighted by atomic mass is 10.1. The van der Waals surface area contributed by atoms with Crippen molar-refractivity contribution in [3.8, 4) is 0 Å². The molecule has 0 aliphatic heterocycles. The second-order valence-electron chi connectivity index (χ2n) is 5.01. The first-order valence-corrected chi connectivity index (χ1v) is 8.86. The standard InChI is InChI=1S/C13H30N2O3S/c1-5-14-9-7-8-10-19(16,17)15-13(12(3)4)11-18-6-2/h12-15H,5-11H2,1-4H3. The summed E-state index contributed by atoms with van der Waals surface area (Å²) in [5.74, 6) is 0.413. The monoisotopic (exact) mass is 294 g/mol. The molecule has 2 N–H and O–H groups in total. The van der Waals surface area contributed by atoms with Crippen LogP contribution in [0.4, 0.5) is 0 Å². The summed E-state index contributed by atoms with van der Waals surface area (Å²) in [5.41, 5.74) is 0. The highest BCUT2D eigenvalue weighted by Crippen LogP contribution is 2.05. The molecule has 0 aliphatic carbocycles. The molecule has 116 valence electrons. The Balaban J connectivity index is 4.08. The molecule has 0 heterocycles. The van der Waals surface area contributed by atoms with E-state index in [4.69, 9.17) is 4.74 Å². The van der Waals surface area contributed by atoms with Crippen molar-refractivity contribution < 1.29 is 13.2 Å². The van der Waals surface area contributed by atoms with Gasteiger partial charge >= 0.3 is 0 Å². The van der Waals surface area contributed by atoms with Gasteiger partial charge in [0.1, 0.15) is 0 Å². The van der Waals surface area contributed by atoms with Crippen molar-refractivity contribution in [1.29, 1.82) is 0 Å². The number of unbranched alkanes of at least 4 members (excludes halogenated alkanes) is 1. The highest BCUT2D eigenvalue weighted by Gasteiger charge is 2.20. The van der Waals surface area contributed by atoms with Crippen LogP contribution in [0.2, 0.25) is 0 Å². The molecule has 0 saturated heterocycles. The molecule has 0 rings (SSSR count). The van der Waals surface area contributed by atoms with Gasteiger partial charge in [-0.1, -0.05) is 20.8 Å². The Morgan fingerprint density at radius 2 is 1.84 bits per heavy atom. The van der Waals surface area contributed by atoms with Crippen LogP contribution in [0.1, 0.15) is 40.5 Å². The van der Waals surface area contributed by atoms with Crippen LogP contribution in [-0.4, -0.2) is 46.5 Å². The van der Waals surface area contributed by atoms with Gasteiger partial charge in [0.2, 0.25) is 10.0 Å². The fourth-order valence-electron chi connectivity index (χ4n) is 1.62. The van der Waals surface area contributed by atoms with Crippen LogP contribution in [0, 0.1) is 5.92 Å². The second kappa shape index (κ2) is 10.6. The molecule has 19 heavy (non-hydrogen) atoms. The number of hydrogen-bond donors (Lipinski definition) is 2. The summed E-state index contributed by atoms with van der Waals surface area (Å²) < 4.78 is 32.0. The van der Waals surface area contributed by atoms with Gasteiger partial charge in [-0.25, -0.2) is 13.1 Å². The Morgan fingerprint density at radius 3 is 2.37 bits per heavy atom. The molecule has 0 saturated carbocycles. The molecule has 1 unspecified atom stereocenters. The minimum absolute atomic E-state index is 0.140. The van der Waals surface area contributed by atoms with Crippen molar-refractivity contribution in [3.05, 3.63) is 0 Å². The molecule has 6 heteroatoms. The first-order valence-electron chi connectivity index (χ1n) is 7.21. The van der Waals surface area contributed by atoms with Crippen LogP contribution in [0.3, 0.4) is 0 Å². The highest BCUT2D eigenvalue weighted by molar-refractivity contribution is 7.89. The number of hydrogen-bond acceptors (Lipinski definition) is 4. The van der Waals surface area contributed by atoms with Crippen LogP contribution in [0.15, 0.2) is 0 Å². The second-order valence-corrected chi connectivity index (χ2v) is 6.88. The number of rotatable bonds is 12. The predicted molar refractivity (Wildman–Crippen MR) is 79.8 cm³/mol. The van der Waals surface area contributed by atoms with Crippen LogP contribution < -0.4 is 10.0 Å². The average molecular weight is 294 g/mol. The van der Waals surface area contributed by atoms with Crippen molar-refractivity contribution in [2.45, 2.75) is 46.6 Å². The molecule has 1 atom stereocenters. The van der Waals surface area contributed by atoms with Crippen molar-refractivity contribution in [2.75, 3.05) is 32.1 Å². The number of ether oxygens (including phenoxy) is 1. The largest absolute Gasteiger partial charge is 0.380 e. The van der Waals surface area contributed by atoms with E-state index in [0.29, 0.717) is 19.6 Å². The Hall–Kier alpha value is -0.170. The Morgan fingerprint density at radius 1 is 1.16 bits per heavy atom. The number of sulfonamides is 1. The maximum Gasteiger partial charge on any atom is 0.211 e. The molecule has 0 aromatic rings. The van der Waals surface area contributed by atoms with Gasteiger partial charge in [0, 0.05) is 12.6 Å². The molecule has 0 radical (unpaired) electrons. The van der Waals surface area contributed by atoms with Crippen molar-refractivity contribution in [2.24, 2.45) is 5.92 Å². The SMILES string of the molecule is CCNCCCCS(=O)(=O)NC(COCC)C(C)C. The quantitative estimate of drug-likeness (QED) is 0.533. The zero-order valence-electron chi connectivity index (χ0n) is 12.7. The summed E-state index contributed by atoms with van der Waals surface area (Å²) in [7, 11) is -3.20. The minimum atomic E-state index is -3.20. The summed E-state index contributed by atoms with van der Waals surface area (Å²) in [5, 5.41) is 3.19. The Kier molecular flexibility index (Phi) is 10.5. The van der Waals surface area contributed by atoms with E-state index >= 15 is 0 Å². The smallest absolute Gasteiger partial charge is 0.211 e. The fraction of sp³-hybridized carbons (Fsp3) is 1.00. The van der Waals surface area contributed by atoms with E-state index < -0.39 is 10.0 Å². The summed E-state index contributed by atoms with van der Waals surface area (Å²) in [4.78, 5) is 0. The van der Waals surface area contributed by atoms with Crippen molar-refractivity contribution in [1.82, 2.24) is 10.0 Å². The molecule has 0 bridgehead atoms. The lowest BCUT2D eigenvalue weighted by Gasteiger charge is -2.22. The van der Waals surface area contributed by atoms with Gasteiger partial charge in [0.05, 0.1) is 12.4 Å². The molecule has 5 nitrogen and oxygen atoms in total. The van der Waals surface area contributed by atoms with Gasteiger partial charge in [-0.2, -0.15) is 0 Å². The third kappa shape index (κ3) is 10.3. The van der Waals surface area contributed by atoms with Gasteiger partial charge < -0.3 is 10.1 Å². The van der Waals surface area contributed by atoms with E-state index in [9.17, 15) is 8.42 Å². The summed E-state index contributed by atoms with van der Waals surface area (Å²) in [6.07, 6.45) is 1.56. The van der Waals surface area contributed by atoms with Crippen LogP contribution in [0.25, 0.3) is 0 Å². The van der Waals surface area contributed by atoms with Gasteiger partial charge in [0.15, 0.2) is 0 Å². The van der Waals surface area contributed by atoms with Gasteiger partial charge in [-0.3, -0.25) is 0 Å². The zero-order chi connectivity index (χ0) is 14.7. The van der Waals surface area contributed by atoms with E-state index in [0.717, 1.165) is 19.5 Å². The van der Waals surface area contributed by atoms with Gasteiger partial charge in [-0.15, -0.1) is 0 Å². The number of nitrogens with one attached hydrogen (secondary N) is 2. The summed E-state index contributed by atoms with van der Waals surface area (Å²) in [6, 6.07) is -0.140. The van der Waals surface area contributed by atoms with E-state index in [1.807, 2.05) is 27.7 Å². The third-order valence-corrected chi connectivity index (χ3v) is 4.39. The maximum atomic E-state index is 12.0. The first kappa shape index (κ1) is 18.8. The fourth-order valence-corrected chi connectivity index (χ4v) is 3.12. The summed E-state index contributed by atoms with van der Waals surface area (Å²) in [6.45, 7) is 10.8. The molecule has 0 aliphatic rings. The molecule has 0 fully saturated rings. The van der Waals surface area contributed by atoms with E-state index in [1.165, 1.54) is 0 Å². The third-order valence-electron chi connectivity index (χ3n) is 2.90. The average Bonchev–Trinajstić information content (AvgIpc) is 2.33. The molecule has 0 spiro atoms. The molecular formula is C13H30N2O3S. The lowest BCUT2D eigenvalue weighted by molar-refractivity contribution is 0.116. The normalized spacial score (nSPS) is 13.9. The van der Waals surface area contributed by atoms with Gasteiger partial charge in [-0.05, 0) is 38.8 Å². The van der Waals surface area contributed by atoms with Gasteiger partial charge in [0.25, 0.3) is 0 Å². The predicted octanol–water partition coefficient (Wildman–Crippen LogP) is 1.36. The van der Waals surface area contributed by atoms with Crippen molar-refractivity contribution >= 4 is 10.0 Å².